The smallest absolute Gasteiger partial charge is 0.263 e. The average molecular weight is 241 g/mol. The maximum absolute atomic E-state index is 12.3. The summed E-state index contributed by atoms with van der Waals surface area (Å²) in [7, 11) is 1.70. The van der Waals surface area contributed by atoms with Gasteiger partial charge in [-0.25, -0.2) is 4.98 Å². The average Bonchev–Trinajstić information content (AvgIpc) is 2.47. The van der Waals surface area contributed by atoms with Crippen molar-refractivity contribution >= 4 is 17.3 Å². The Morgan fingerprint density at radius 3 is 3.00 bits per heavy atom. The predicted octanol–water partition coefficient (Wildman–Crippen LogP) is 2.05. The number of rotatable bonds is 0. The van der Waals surface area contributed by atoms with Gasteiger partial charge in [0, 0.05) is 25.0 Å². The predicted molar refractivity (Wildman–Crippen MR) is 67.9 cm³/mol. The van der Waals surface area contributed by atoms with Gasteiger partial charge in [-0.3, -0.25) is 4.79 Å². The van der Waals surface area contributed by atoms with E-state index in [-0.39, 0.29) is 5.91 Å². The number of nitrogens with zero attached hydrogens (tertiary/aromatic N) is 2. The molecule has 18 heavy (non-hydrogen) atoms. The molecule has 0 bridgehead atoms. The Hall–Kier alpha value is -2.56. The number of ether oxygens (including phenoxy) is 1. The second-order valence-corrected chi connectivity index (χ2v) is 4.05. The highest BCUT2D eigenvalue weighted by Gasteiger charge is 2.26. The van der Waals surface area contributed by atoms with Gasteiger partial charge in [-0.15, -0.1) is 0 Å². The summed E-state index contributed by atoms with van der Waals surface area (Å²) in [5.74, 6) is 0.684. The Morgan fingerprint density at radius 2 is 2.17 bits per heavy atom. The van der Waals surface area contributed by atoms with Crippen molar-refractivity contribution in [2.45, 2.75) is 0 Å². The summed E-state index contributed by atoms with van der Waals surface area (Å²) in [5, 5.41) is 0. The molecule has 0 fully saturated rings. The van der Waals surface area contributed by atoms with E-state index in [1.807, 2.05) is 0 Å². The summed E-state index contributed by atoms with van der Waals surface area (Å²) < 4.78 is 5.67. The summed E-state index contributed by atoms with van der Waals surface area (Å²) in [5.41, 5.74) is 7.42. The van der Waals surface area contributed by atoms with Crippen molar-refractivity contribution in [1.29, 1.82) is 0 Å². The molecule has 2 N–H and O–H groups in total. The topological polar surface area (TPSA) is 68.5 Å². The van der Waals surface area contributed by atoms with E-state index >= 15 is 0 Å². The summed E-state index contributed by atoms with van der Waals surface area (Å²) in [4.78, 5) is 17.9. The normalized spacial score (nSPS) is 13.4. The first-order valence-corrected chi connectivity index (χ1v) is 5.47. The van der Waals surface area contributed by atoms with Crippen LogP contribution in [-0.4, -0.2) is 17.9 Å². The molecule has 0 atom stereocenters. The third-order valence-corrected chi connectivity index (χ3v) is 2.86. The van der Waals surface area contributed by atoms with Crippen molar-refractivity contribution in [1.82, 2.24) is 4.98 Å². The number of anilines is 2. The molecule has 0 aliphatic carbocycles. The zero-order valence-corrected chi connectivity index (χ0v) is 9.75. The van der Waals surface area contributed by atoms with Crippen molar-refractivity contribution in [3.8, 4) is 11.6 Å². The lowest BCUT2D eigenvalue weighted by molar-refractivity contribution is 0.0992. The van der Waals surface area contributed by atoms with Gasteiger partial charge in [-0.2, -0.15) is 0 Å². The lowest BCUT2D eigenvalue weighted by atomic mass is 10.2. The van der Waals surface area contributed by atoms with E-state index in [1.165, 1.54) is 4.90 Å². The molecule has 0 saturated heterocycles. The van der Waals surface area contributed by atoms with Crippen molar-refractivity contribution in [2.24, 2.45) is 0 Å². The van der Waals surface area contributed by atoms with Crippen LogP contribution in [0.1, 0.15) is 10.4 Å². The molecule has 3 rings (SSSR count). The third-order valence-electron chi connectivity index (χ3n) is 2.86. The number of nitrogen functional groups attached to an aromatic ring is 1. The fourth-order valence-electron chi connectivity index (χ4n) is 1.92. The lowest BCUT2D eigenvalue weighted by Gasteiger charge is -2.16. The molecule has 1 aromatic heterocycles. The second kappa shape index (κ2) is 3.73. The van der Waals surface area contributed by atoms with Crippen LogP contribution < -0.4 is 15.4 Å². The molecular weight excluding hydrogens is 230 g/mol. The maximum atomic E-state index is 12.3. The van der Waals surface area contributed by atoms with Crippen molar-refractivity contribution in [3.63, 3.8) is 0 Å². The van der Waals surface area contributed by atoms with E-state index in [1.54, 1.807) is 43.6 Å². The largest absolute Gasteiger partial charge is 0.436 e. The number of carbonyl (C=O) groups excluding carboxylic acids is 1. The number of pyridine rings is 1. The first-order valence-electron chi connectivity index (χ1n) is 5.47. The van der Waals surface area contributed by atoms with Crippen molar-refractivity contribution in [2.75, 3.05) is 17.7 Å². The highest BCUT2D eigenvalue weighted by molar-refractivity contribution is 6.09. The molecule has 2 aromatic rings. The van der Waals surface area contributed by atoms with Crippen LogP contribution in [0.4, 0.5) is 11.4 Å². The van der Waals surface area contributed by atoms with Gasteiger partial charge in [-0.1, -0.05) is 0 Å². The van der Waals surface area contributed by atoms with Crippen LogP contribution in [0.5, 0.6) is 11.6 Å². The molecule has 1 aromatic carbocycles. The zero-order chi connectivity index (χ0) is 12.7. The fourth-order valence-corrected chi connectivity index (χ4v) is 1.92. The number of carbonyl (C=O) groups is 1. The first-order chi connectivity index (χ1) is 8.66. The number of aromatic nitrogens is 1. The highest BCUT2D eigenvalue weighted by atomic mass is 16.5. The molecule has 90 valence electrons. The SMILES string of the molecule is CN1C(=O)c2cccnc2Oc2cc(N)ccc21. The van der Waals surface area contributed by atoms with Crippen LogP contribution in [0.2, 0.25) is 0 Å². The Bertz CT molecular complexity index is 640. The van der Waals surface area contributed by atoms with Crippen LogP contribution in [-0.2, 0) is 0 Å². The number of nitrogens with two attached hydrogens (primary N) is 1. The molecule has 1 amide bonds. The summed E-state index contributed by atoms with van der Waals surface area (Å²) in [6.07, 6.45) is 1.59. The zero-order valence-electron chi connectivity index (χ0n) is 9.75. The van der Waals surface area contributed by atoms with Gasteiger partial charge in [0.1, 0.15) is 5.56 Å². The van der Waals surface area contributed by atoms with Gasteiger partial charge in [0.25, 0.3) is 5.91 Å². The third kappa shape index (κ3) is 1.48. The molecule has 1 aliphatic rings. The van der Waals surface area contributed by atoms with E-state index < -0.39 is 0 Å². The van der Waals surface area contributed by atoms with E-state index in [0.29, 0.717) is 28.6 Å². The van der Waals surface area contributed by atoms with Gasteiger partial charge in [0.05, 0.1) is 5.69 Å². The second-order valence-electron chi connectivity index (χ2n) is 4.05. The summed E-state index contributed by atoms with van der Waals surface area (Å²) >= 11 is 0. The Kier molecular flexibility index (Phi) is 2.19. The number of hydrogen-bond donors (Lipinski definition) is 1. The number of fused-ring (bicyclic) bond motifs is 2. The standard InChI is InChI=1S/C13H11N3O2/c1-16-10-5-4-8(14)7-11(10)18-12-9(13(16)17)3-2-6-15-12/h2-7H,14H2,1H3. The summed E-state index contributed by atoms with van der Waals surface area (Å²) in [6, 6.07) is 8.57. The molecular formula is C13H11N3O2. The highest BCUT2D eigenvalue weighted by Crippen LogP contribution is 2.38. The van der Waals surface area contributed by atoms with Gasteiger partial charge >= 0.3 is 0 Å². The molecule has 1 aliphatic heterocycles. The van der Waals surface area contributed by atoms with E-state index in [0.717, 1.165) is 0 Å². The van der Waals surface area contributed by atoms with E-state index in [4.69, 9.17) is 10.5 Å². The van der Waals surface area contributed by atoms with Gasteiger partial charge in [0.2, 0.25) is 5.88 Å². The molecule has 0 spiro atoms. The van der Waals surface area contributed by atoms with Crippen molar-refractivity contribution < 1.29 is 9.53 Å². The molecule has 0 saturated carbocycles. The number of benzene rings is 1. The quantitative estimate of drug-likeness (QED) is 0.717. The molecule has 0 unspecified atom stereocenters. The van der Waals surface area contributed by atoms with Crippen LogP contribution in [0.15, 0.2) is 36.5 Å². The first kappa shape index (κ1) is 10.6. The van der Waals surface area contributed by atoms with Crippen LogP contribution in [0, 0.1) is 0 Å². The van der Waals surface area contributed by atoms with Crippen LogP contribution in [0.25, 0.3) is 0 Å². The fraction of sp³-hybridized carbons (Fsp3) is 0.0769. The molecule has 5 nitrogen and oxygen atoms in total. The Balaban J connectivity index is 2.24. The number of amides is 1. The van der Waals surface area contributed by atoms with Gasteiger partial charge in [-0.05, 0) is 24.3 Å². The lowest BCUT2D eigenvalue weighted by Crippen LogP contribution is -2.25. The minimum atomic E-state index is -0.151. The van der Waals surface area contributed by atoms with Gasteiger partial charge < -0.3 is 15.4 Å². The molecule has 0 radical (unpaired) electrons. The monoisotopic (exact) mass is 241 g/mol. The van der Waals surface area contributed by atoms with E-state index in [2.05, 4.69) is 4.98 Å². The maximum Gasteiger partial charge on any atom is 0.263 e. The Morgan fingerprint density at radius 1 is 1.33 bits per heavy atom. The van der Waals surface area contributed by atoms with Crippen LogP contribution >= 0.6 is 0 Å². The minimum absolute atomic E-state index is 0.151. The van der Waals surface area contributed by atoms with E-state index in [9.17, 15) is 4.79 Å². The summed E-state index contributed by atoms with van der Waals surface area (Å²) in [6.45, 7) is 0. The van der Waals surface area contributed by atoms with Crippen molar-refractivity contribution in [3.05, 3.63) is 42.1 Å². The molecule has 2 heterocycles. The Labute approximate surface area is 104 Å². The molecule has 5 heteroatoms. The van der Waals surface area contributed by atoms with Crippen LogP contribution in [0.3, 0.4) is 0 Å². The number of hydrogen-bond acceptors (Lipinski definition) is 4. The van der Waals surface area contributed by atoms with Gasteiger partial charge in [0.15, 0.2) is 5.75 Å². The minimum Gasteiger partial charge on any atom is -0.436 e.